The molecule has 106 valence electrons. The van der Waals surface area contributed by atoms with Crippen LogP contribution in [0.3, 0.4) is 0 Å². The minimum absolute atomic E-state index is 0.101. The van der Waals surface area contributed by atoms with E-state index in [1.54, 1.807) is 6.92 Å². The molecule has 8 nitrogen and oxygen atoms in total. The summed E-state index contributed by atoms with van der Waals surface area (Å²) in [5.74, 6) is -0.362. The Morgan fingerprint density at radius 1 is 1.47 bits per heavy atom. The van der Waals surface area contributed by atoms with Crippen molar-refractivity contribution in [3.05, 3.63) is 18.2 Å². The van der Waals surface area contributed by atoms with Crippen LogP contribution in [-0.4, -0.2) is 24.1 Å². The zero-order valence-corrected chi connectivity index (χ0v) is 11.3. The standard InChI is InChI=1S/C9H11NO7S2/c1-2-9(11)10-7-5-6(19(13,14)15)3-4-8(7)18-17-16-12/h3-5,12H,2H2,1H3,(H,10,11)(H,13,14,15). The van der Waals surface area contributed by atoms with Crippen LogP contribution in [0.5, 0.6) is 0 Å². The average molecular weight is 309 g/mol. The molecule has 0 spiro atoms. The summed E-state index contributed by atoms with van der Waals surface area (Å²) in [5.41, 5.74) is 0.101. The highest BCUT2D eigenvalue weighted by Gasteiger charge is 2.15. The van der Waals surface area contributed by atoms with Crippen LogP contribution in [0.15, 0.2) is 28.0 Å². The Balaban J connectivity index is 3.14. The molecule has 3 N–H and O–H groups in total. The van der Waals surface area contributed by atoms with E-state index in [1.165, 1.54) is 6.07 Å². The number of rotatable bonds is 6. The number of hydrogen-bond donors (Lipinski definition) is 3. The third-order valence-electron chi connectivity index (χ3n) is 2.00. The van der Waals surface area contributed by atoms with E-state index < -0.39 is 10.1 Å². The van der Waals surface area contributed by atoms with Crippen molar-refractivity contribution in [2.45, 2.75) is 23.1 Å². The molecular weight excluding hydrogens is 298 g/mol. The lowest BCUT2D eigenvalue weighted by Gasteiger charge is -2.09. The van der Waals surface area contributed by atoms with Crippen LogP contribution in [0.2, 0.25) is 0 Å². The third-order valence-corrected chi connectivity index (χ3v) is 3.51. The molecular formula is C9H11NO7S2. The van der Waals surface area contributed by atoms with Crippen LogP contribution in [0.4, 0.5) is 5.69 Å². The largest absolute Gasteiger partial charge is 0.325 e. The van der Waals surface area contributed by atoms with E-state index in [-0.39, 0.29) is 27.8 Å². The topological polar surface area (TPSA) is 122 Å². The van der Waals surface area contributed by atoms with Gasteiger partial charge in [-0.15, -0.1) is 4.33 Å². The van der Waals surface area contributed by atoms with Gasteiger partial charge in [-0.2, -0.15) is 8.42 Å². The maximum absolute atomic E-state index is 11.3. The lowest BCUT2D eigenvalue weighted by atomic mass is 10.3. The zero-order valence-electron chi connectivity index (χ0n) is 9.69. The predicted molar refractivity (Wildman–Crippen MR) is 65.8 cm³/mol. The van der Waals surface area contributed by atoms with Gasteiger partial charge in [0.2, 0.25) is 5.91 Å². The number of anilines is 1. The first-order chi connectivity index (χ1) is 8.88. The van der Waals surface area contributed by atoms with Gasteiger partial charge in [0, 0.05) is 6.42 Å². The van der Waals surface area contributed by atoms with Gasteiger partial charge in [-0.3, -0.25) is 9.35 Å². The summed E-state index contributed by atoms with van der Waals surface area (Å²) < 4.78 is 35.2. The van der Waals surface area contributed by atoms with Crippen molar-refractivity contribution in [1.29, 1.82) is 0 Å². The van der Waals surface area contributed by atoms with E-state index in [0.29, 0.717) is 12.0 Å². The summed E-state index contributed by atoms with van der Waals surface area (Å²) in [6.45, 7) is 1.61. The van der Waals surface area contributed by atoms with Crippen molar-refractivity contribution in [3.8, 4) is 0 Å². The second-order valence-electron chi connectivity index (χ2n) is 3.26. The highest BCUT2D eigenvalue weighted by atomic mass is 32.2. The number of amides is 1. The molecule has 0 fully saturated rings. The van der Waals surface area contributed by atoms with Gasteiger partial charge in [-0.25, -0.2) is 5.26 Å². The highest BCUT2D eigenvalue weighted by Crippen LogP contribution is 2.30. The van der Waals surface area contributed by atoms with E-state index in [4.69, 9.17) is 9.81 Å². The molecule has 0 aromatic heterocycles. The van der Waals surface area contributed by atoms with Crippen LogP contribution < -0.4 is 5.32 Å². The second kappa shape index (κ2) is 6.84. The fourth-order valence-electron chi connectivity index (χ4n) is 1.13. The lowest BCUT2D eigenvalue weighted by Crippen LogP contribution is -2.11. The molecule has 0 aliphatic heterocycles. The first-order valence-corrected chi connectivity index (χ1v) is 7.12. The van der Waals surface area contributed by atoms with Crippen molar-refractivity contribution >= 4 is 33.8 Å². The Morgan fingerprint density at radius 2 is 2.16 bits per heavy atom. The van der Waals surface area contributed by atoms with Gasteiger partial charge < -0.3 is 5.32 Å². The fraction of sp³-hybridized carbons (Fsp3) is 0.222. The van der Waals surface area contributed by atoms with E-state index in [9.17, 15) is 13.2 Å². The molecule has 1 amide bonds. The molecule has 0 bridgehead atoms. The molecule has 10 heteroatoms. The van der Waals surface area contributed by atoms with E-state index in [1.807, 2.05) is 0 Å². The van der Waals surface area contributed by atoms with Gasteiger partial charge >= 0.3 is 0 Å². The van der Waals surface area contributed by atoms with Gasteiger partial charge in [0.1, 0.15) is 0 Å². The minimum atomic E-state index is -4.39. The zero-order chi connectivity index (χ0) is 14.5. The van der Waals surface area contributed by atoms with Crippen molar-refractivity contribution in [2.75, 3.05) is 5.32 Å². The van der Waals surface area contributed by atoms with Gasteiger partial charge in [0.05, 0.1) is 27.5 Å². The smallest absolute Gasteiger partial charge is 0.294 e. The van der Waals surface area contributed by atoms with E-state index >= 15 is 0 Å². The Bertz CT molecular complexity index is 558. The molecule has 1 aromatic carbocycles. The van der Waals surface area contributed by atoms with Crippen LogP contribution in [0, 0.1) is 0 Å². The van der Waals surface area contributed by atoms with Crippen LogP contribution in [-0.2, 0) is 24.3 Å². The Labute approximate surface area is 113 Å². The second-order valence-corrected chi connectivity index (χ2v) is 5.42. The Hall–Kier alpha value is -1.17. The molecule has 0 aliphatic carbocycles. The molecule has 19 heavy (non-hydrogen) atoms. The first kappa shape index (κ1) is 15.9. The van der Waals surface area contributed by atoms with Crippen LogP contribution in [0.25, 0.3) is 0 Å². The van der Waals surface area contributed by atoms with Crippen LogP contribution in [0.1, 0.15) is 13.3 Å². The van der Waals surface area contributed by atoms with E-state index in [2.05, 4.69) is 14.7 Å². The molecule has 0 saturated heterocycles. The number of hydrogen-bond acceptors (Lipinski definition) is 7. The predicted octanol–water partition coefficient (Wildman–Crippen LogP) is 1.71. The van der Waals surface area contributed by atoms with Gasteiger partial charge in [0.15, 0.2) is 0 Å². The Morgan fingerprint density at radius 3 is 2.68 bits per heavy atom. The minimum Gasteiger partial charge on any atom is -0.325 e. The summed E-state index contributed by atoms with van der Waals surface area (Å²) in [4.78, 5) is 11.2. The quantitative estimate of drug-likeness (QED) is 0.314. The third kappa shape index (κ3) is 4.78. The van der Waals surface area contributed by atoms with E-state index in [0.717, 1.165) is 12.1 Å². The maximum Gasteiger partial charge on any atom is 0.294 e. The molecule has 0 unspecified atom stereocenters. The molecule has 0 saturated carbocycles. The number of carbonyl (C=O) groups is 1. The summed E-state index contributed by atoms with van der Waals surface area (Å²) in [6.07, 6.45) is 0.178. The monoisotopic (exact) mass is 309 g/mol. The van der Waals surface area contributed by atoms with Crippen molar-refractivity contribution in [1.82, 2.24) is 0 Å². The first-order valence-electron chi connectivity index (χ1n) is 4.94. The molecule has 0 radical (unpaired) electrons. The van der Waals surface area contributed by atoms with Gasteiger partial charge in [-0.05, 0) is 18.2 Å². The maximum atomic E-state index is 11.3. The lowest BCUT2D eigenvalue weighted by molar-refractivity contribution is -0.432. The average Bonchev–Trinajstić information content (AvgIpc) is 2.35. The highest BCUT2D eigenvalue weighted by molar-refractivity contribution is 7.94. The van der Waals surface area contributed by atoms with Gasteiger partial charge in [-0.1, -0.05) is 12.0 Å². The summed E-state index contributed by atoms with van der Waals surface area (Å²) in [6, 6.07) is 3.45. The SMILES string of the molecule is CCC(=O)Nc1cc(S(=O)(=O)O)ccc1SOOO. The summed E-state index contributed by atoms with van der Waals surface area (Å²) in [5, 5.41) is 13.9. The molecule has 0 atom stereocenters. The molecule has 0 aliphatic rings. The molecule has 1 rings (SSSR count). The number of carbonyl (C=O) groups excluding carboxylic acids is 1. The van der Waals surface area contributed by atoms with Gasteiger partial charge in [0.25, 0.3) is 10.1 Å². The molecule has 1 aromatic rings. The summed E-state index contributed by atoms with van der Waals surface area (Å²) in [7, 11) is -4.39. The van der Waals surface area contributed by atoms with Crippen LogP contribution >= 0.6 is 12.0 Å². The number of nitrogens with one attached hydrogen (secondary N) is 1. The fourth-order valence-corrected chi connectivity index (χ4v) is 2.06. The summed E-state index contributed by atoms with van der Waals surface area (Å²) >= 11 is 0.555. The van der Waals surface area contributed by atoms with Crippen molar-refractivity contribution in [2.24, 2.45) is 0 Å². The normalized spacial score (nSPS) is 11.3. The van der Waals surface area contributed by atoms with Crippen molar-refractivity contribution in [3.63, 3.8) is 0 Å². The number of benzene rings is 1. The Kier molecular flexibility index (Phi) is 5.72. The van der Waals surface area contributed by atoms with Crippen molar-refractivity contribution < 1.29 is 32.4 Å². The molecule has 0 heterocycles.